The zero-order chi connectivity index (χ0) is 19.5. The van der Waals surface area contributed by atoms with Crippen LogP contribution in [0.25, 0.3) is 0 Å². The number of aliphatic hydroxyl groups is 1. The van der Waals surface area contributed by atoms with Crippen molar-refractivity contribution in [1.29, 1.82) is 0 Å². The molecule has 1 aromatic carbocycles. The first-order valence-corrected chi connectivity index (χ1v) is 11.4. The summed E-state index contributed by atoms with van der Waals surface area (Å²) in [5.41, 5.74) is 1.69. The van der Waals surface area contributed by atoms with Gasteiger partial charge in [-0.2, -0.15) is 0 Å². The molecule has 5 rings (SSSR count). The lowest BCUT2D eigenvalue weighted by Crippen LogP contribution is -2.74. The third kappa shape index (κ3) is 2.91. The lowest BCUT2D eigenvalue weighted by atomic mass is 9.49. The highest BCUT2D eigenvalue weighted by Crippen LogP contribution is 2.58. The van der Waals surface area contributed by atoms with Gasteiger partial charge in [-0.3, -0.25) is 4.90 Å². The number of benzene rings is 1. The second-order valence-electron chi connectivity index (χ2n) is 10.5. The predicted molar refractivity (Wildman–Crippen MR) is 112 cm³/mol. The van der Waals surface area contributed by atoms with E-state index in [2.05, 4.69) is 30.1 Å². The van der Waals surface area contributed by atoms with Crippen LogP contribution in [-0.2, 0) is 11.8 Å². The highest BCUT2D eigenvalue weighted by molar-refractivity contribution is 5.48. The molecule has 3 aliphatic carbocycles. The molecule has 2 saturated carbocycles. The van der Waals surface area contributed by atoms with Crippen LogP contribution < -0.4 is 5.32 Å². The third-order valence-electron chi connectivity index (χ3n) is 8.15. The fourth-order valence-electron chi connectivity index (χ4n) is 6.52. The molecule has 3 N–H and O–H groups in total. The molecule has 4 nitrogen and oxygen atoms in total. The van der Waals surface area contributed by atoms with Gasteiger partial charge in [-0.1, -0.05) is 19.9 Å². The third-order valence-corrected chi connectivity index (χ3v) is 8.15. The van der Waals surface area contributed by atoms with Crippen LogP contribution in [0, 0.1) is 11.8 Å². The number of rotatable bonds is 5. The van der Waals surface area contributed by atoms with Crippen LogP contribution in [0.4, 0.5) is 0 Å². The van der Waals surface area contributed by atoms with E-state index in [1.807, 2.05) is 12.1 Å². The van der Waals surface area contributed by atoms with Crippen LogP contribution in [0.15, 0.2) is 18.2 Å². The van der Waals surface area contributed by atoms with E-state index in [1.165, 1.54) is 24.0 Å². The van der Waals surface area contributed by atoms with E-state index in [4.69, 9.17) is 0 Å². The van der Waals surface area contributed by atoms with Crippen molar-refractivity contribution in [2.24, 2.45) is 11.8 Å². The summed E-state index contributed by atoms with van der Waals surface area (Å²) < 4.78 is 0. The van der Waals surface area contributed by atoms with Crippen LogP contribution >= 0.6 is 0 Å². The number of aromatic hydroxyl groups is 1. The number of nitrogens with zero attached hydrogens (tertiary/aromatic N) is 1. The molecule has 0 radical (unpaired) electrons. The number of piperidine rings is 1. The molecule has 1 aliphatic heterocycles. The maximum Gasteiger partial charge on any atom is 0.115 e. The van der Waals surface area contributed by atoms with E-state index < -0.39 is 5.60 Å². The zero-order valence-corrected chi connectivity index (χ0v) is 17.5. The van der Waals surface area contributed by atoms with E-state index in [0.717, 1.165) is 57.7 Å². The Morgan fingerprint density at radius 2 is 2.04 bits per heavy atom. The minimum Gasteiger partial charge on any atom is -0.508 e. The van der Waals surface area contributed by atoms with Gasteiger partial charge in [0.05, 0.1) is 5.60 Å². The van der Waals surface area contributed by atoms with Gasteiger partial charge in [-0.15, -0.1) is 0 Å². The van der Waals surface area contributed by atoms with E-state index in [9.17, 15) is 10.2 Å². The topological polar surface area (TPSA) is 55.7 Å². The Labute approximate surface area is 169 Å². The first-order valence-electron chi connectivity index (χ1n) is 11.4. The normalized spacial score (nSPS) is 37.6. The van der Waals surface area contributed by atoms with Crippen molar-refractivity contribution >= 4 is 0 Å². The average molecular weight is 385 g/mol. The highest BCUT2D eigenvalue weighted by atomic mass is 16.3. The standard InChI is InChI=1S/C24H36N2O2/c1-16(2)14-25-19-7-8-23-9-10-26(15-17-3-4-17)22(24(23,28)13-19)11-18-5-6-20(27)12-21(18)23/h5-6,12,16-17,19,22,25,27-28H,3-4,7-11,13-15H2,1-2H3/t19-,22+,23?,24+/m0/s1. The summed E-state index contributed by atoms with van der Waals surface area (Å²) in [6, 6.07) is 6.51. The minimum absolute atomic E-state index is 0.194. The number of hydrogen-bond acceptors (Lipinski definition) is 4. The SMILES string of the molecule is CC(C)CN[C@H]1CCC23CCN(CC4CC4)[C@H](Cc4ccc(O)cc42)[C@]3(O)C1. The van der Waals surface area contributed by atoms with Crippen LogP contribution in [0.5, 0.6) is 5.75 Å². The van der Waals surface area contributed by atoms with Gasteiger partial charge < -0.3 is 15.5 Å². The minimum atomic E-state index is -0.701. The molecule has 154 valence electrons. The predicted octanol–water partition coefficient (Wildman–Crippen LogP) is 3.20. The van der Waals surface area contributed by atoms with Crippen molar-refractivity contribution in [3.63, 3.8) is 0 Å². The molecule has 4 atom stereocenters. The fraction of sp³-hybridized carbons (Fsp3) is 0.750. The second kappa shape index (κ2) is 6.72. The van der Waals surface area contributed by atoms with Gasteiger partial charge in [0, 0.05) is 24.0 Å². The van der Waals surface area contributed by atoms with E-state index in [1.54, 1.807) is 0 Å². The van der Waals surface area contributed by atoms with Gasteiger partial charge in [0.2, 0.25) is 0 Å². The van der Waals surface area contributed by atoms with Crippen LogP contribution in [0.1, 0.15) is 63.5 Å². The summed E-state index contributed by atoms with van der Waals surface area (Å²) >= 11 is 0. The lowest BCUT2D eigenvalue weighted by molar-refractivity contribution is -0.172. The zero-order valence-electron chi connectivity index (χ0n) is 17.5. The molecule has 4 aliphatic rings. The number of nitrogens with one attached hydrogen (secondary N) is 1. The first-order chi connectivity index (χ1) is 13.4. The smallest absolute Gasteiger partial charge is 0.115 e. The molecule has 4 heteroatoms. The molecule has 0 spiro atoms. The summed E-state index contributed by atoms with van der Waals surface area (Å²) in [7, 11) is 0. The largest absolute Gasteiger partial charge is 0.508 e. The Balaban J connectivity index is 1.52. The van der Waals surface area contributed by atoms with E-state index in [0.29, 0.717) is 17.7 Å². The molecule has 2 bridgehead atoms. The fourth-order valence-corrected chi connectivity index (χ4v) is 6.52. The van der Waals surface area contributed by atoms with Crippen molar-refractivity contribution < 1.29 is 10.2 Å². The molecular weight excluding hydrogens is 348 g/mol. The molecular formula is C24H36N2O2. The molecule has 0 aromatic heterocycles. The van der Waals surface area contributed by atoms with Gasteiger partial charge in [0.1, 0.15) is 5.75 Å². The Hall–Kier alpha value is -1.10. The lowest BCUT2D eigenvalue weighted by Gasteiger charge is -2.65. The first kappa shape index (κ1) is 18.9. The number of hydrogen-bond donors (Lipinski definition) is 3. The van der Waals surface area contributed by atoms with Gasteiger partial charge in [-0.25, -0.2) is 0 Å². The summed E-state index contributed by atoms with van der Waals surface area (Å²) in [4.78, 5) is 2.62. The molecule has 1 unspecified atom stereocenters. The van der Waals surface area contributed by atoms with Gasteiger partial charge >= 0.3 is 0 Å². The molecule has 1 heterocycles. The number of fused-ring (bicyclic) bond motifs is 1. The van der Waals surface area contributed by atoms with Crippen LogP contribution in [0.2, 0.25) is 0 Å². The van der Waals surface area contributed by atoms with Gasteiger partial charge in [0.25, 0.3) is 0 Å². The summed E-state index contributed by atoms with van der Waals surface area (Å²) in [5, 5.41) is 26.3. The van der Waals surface area contributed by atoms with Crippen molar-refractivity contribution in [2.45, 2.75) is 81.9 Å². The highest BCUT2D eigenvalue weighted by Gasteiger charge is 2.64. The molecule has 28 heavy (non-hydrogen) atoms. The summed E-state index contributed by atoms with van der Waals surface area (Å²) in [5.74, 6) is 1.81. The van der Waals surface area contributed by atoms with E-state index in [-0.39, 0.29) is 11.5 Å². The van der Waals surface area contributed by atoms with Gasteiger partial charge in [0.15, 0.2) is 0 Å². The van der Waals surface area contributed by atoms with Crippen molar-refractivity contribution in [3.05, 3.63) is 29.3 Å². The summed E-state index contributed by atoms with van der Waals surface area (Å²) in [6.45, 7) is 7.75. The molecule has 1 saturated heterocycles. The van der Waals surface area contributed by atoms with Crippen molar-refractivity contribution in [3.8, 4) is 5.75 Å². The van der Waals surface area contributed by atoms with E-state index >= 15 is 0 Å². The summed E-state index contributed by atoms with van der Waals surface area (Å²) in [6.07, 6.45) is 7.60. The number of phenolic OH excluding ortho intramolecular Hbond substituents is 1. The molecule has 1 aromatic rings. The van der Waals surface area contributed by atoms with Gasteiger partial charge in [-0.05, 0) is 93.1 Å². The molecule has 3 fully saturated rings. The monoisotopic (exact) mass is 384 g/mol. The maximum absolute atomic E-state index is 12.4. The number of likely N-dealkylation sites (tertiary alicyclic amines) is 1. The molecule has 0 amide bonds. The Morgan fingerprint density at radius 3 is 2.79 bits per heavy atom. The number of phenols is 1. The second-order valence-corrected chi connectivity index (χ2v) is 10.5. The maximum atomic E-state index is 12.4. The van der Waals surface area contributed by atoms with Crippen molar-refractivity contribution in [1.82, 2.24) is 10.2 Å². The van der Waals surface area contributed by atoms with Crippen LogP contribution in [0.3, 0.4) is 0 Å². The Morgan fingerprint density at radius 1 is 1.21 bits per heavy atom. The van der Waals surface area contributed by atoms with Crippen LogP contribution in [-0.4, -0.2) is 52.4 Å². The Kier molecular flexibility index (Phi) is 4.53. The average Bonchev–Trinajstić information content (AvgIpc) is 3.46. The Bertz CT molecular complexity index is 746. The quantitative estimate of drug-likeness (QED) is 0.730. The van der Waals surface area contributed by atoms with Crippen molar-refractivity contribution in [2.75, 3.05) is 19.6 Å².